The topological polar surface area (TPSA) is 68.2 Å². The summed E-state index contributed by atoms with van der Waals surface area (Å²) in [4.78, 5) is 13.6. The van der Waals surface area contributed by atoms with Gasteiger partial charge in [0.05, 0.1) is 25.9 Å². The van der Waals surface area contributed by atoms with E-state index in [1.807, 2.05) is 24.3 Å². The summed E-state index contributed by atoms with van der Waals surface area (Å²) >= 11 is 0. The van der Waals surface area contributed by atoms with Gasteiger partial charge in [-0.05, 0) is 41.8 Å². The van der Waals surface area contributed by atoms with Crippen LogP contribution in [-0.2, 0) is 16.7 Å². The van der Waals surface area contributed by atoms with Gasteiger partial charge in [-0.2, -0.15) is 0 Å². The van der Waals surface area contributed by atoms with Crippen LogP contribution in [0.4, 0.5) is 0 Å². The second-order valence-electron chi connectivity index (χ2n) is 9.45. The highest BCUT2D eigenvalue weighted by atomic mass is 16.5. The Morgan fingerprint density at radius 2 is 1.94 bits per heavy atom. The highest BCUT2D eigenvalue weighted by molar-refractivity contribution is 5.87. The molecule has 0 bridgehead atoms. The Kier molecular flexibility index (Phi) is 5.71. The number of hydrogen-bond acceptors (Lipinski definition) is 5. The van der Waals surface area contributed by atoms with Crippen molar-refractivity contribution < 1.29 is 24.1 Å². The molecule has 0 aromatic heterocycles. The average Bonchev–Trinajstić information content (AvgIpc) is 3.09. The van der Waals surface area contributed by atoms with Crippen LogP contribution >= 0.6 is 0 Å². The summed E-state index contributed by atoms with van der Waals surface area (Å²) < 4.78 is 17.6. The number of rotatable bonds is 6. The molecule has 31 heavy (non-hydrogen) atoms. The quantitative estimate of drug-likeness (QED) is 0.759. The third kappa shape index (κ3) is 3.90. The van der Waals surface area contributed by atoms with Gasteiger partial charge in [0.25, 0.3) is 0 Å². The van der Waals surface area contributed by atoms with Crippen molar-refractivity contribution in [3.63, 3.8) is 0 Å². The number of fused-ring (bicyclic) bond motifs is 3. The van der Waals surface area contributed by atoms with Gasteiger partial charge < -0.3 is 19.3 Å². The summed E-state index contributed by atoms with van der Waals surface area (Å²) in [5, 5.41) is 9.17. The normalized spacial score (nSPS) is 24.6. The molecule has 2 aromatic rings. The molecular formula is C25H31NO5. The highest BCUT2D eigenvalue weighted by Crippen LogP contribution is 2.53. The monoisotopic (exact) mass is 425 g/mol. The van der Waals surface area contributed by atoms with Gasteiger partial charge in [-0.1, -0.05) is 26.0 Å². The van der Waals surface area contributed by atoms with Crippen molar-refractivity contribution in [2.45, 2.75) is 25.8 Å². The van der Waals surface area contributed by atoms with Crippen LogP contribution in [-0.4, -0.2) is 56.5 Å². The van der Waals surface area contributed by atoms with Crippen molar-refractivity contribution in [1.82, 2.24) is 4.90 Å². The molecule has 0 aliphatic carbocycles. The smallest absolute Gasteiger partial charge is 0.335 e. The Bertz CT molecular complexity index is 955. The number of likely N-dealkylation sites (tertiary alicyclic amines) is 1. The number of nitrogens with zero attached hydrogens (tertiary/aromatic N) is 1. The van der Waals surface area contributed by atoms with E-state index in [4.69, 9.17) is 19.3 Å². The van der Waals surface area contributed by atoms with Gasteiger partial charge in [0.1, 0.15) is 11.5 Å². The van der Waals surface area contributed by atoms with Crippen LogP contribution in [0.2, 0.25) is 0 Å². The second kappa shape index (κ2) is 8.17. The number of carbonyl (C=O) groups is 1. The molecule has 0 amide bonds. The SMILES string of the molecule is COC[C@@]12CN(Cc3ccc(C(=O)O)cc3)C[C@@H]1C(C)(C)COc1ccc(OC)cc12. The minimum Gasteiger partial charge on any atom is -0.497 e. The molecule has 166 valence electrons. The molecule has 2 aromatic carbocycles. The van der Waals surface area contributed by atoms with Crippen molar-refractivity contribution >= 4 is 5.97 Å². The van der Waals surface area contributed by atoms with Crippen LogP contribution < -0.4 is 9.47 Å². The van der Waals surface area contributed by atoms with E-state index in [9.17, 15) is 4.79 Å². The van der Waals surface area contributed by atoms with Gasteiger partial charge in [0.2, 0.25) is 0 Å². The molecule has 2 aliphatic rings. The summed E-state index contributed by atoms with van der Waals surface area (Å²) in [6.45, 7) is 8.30. The maximum atomic E-state index is 11.2. The second-order valence-corrected chi connectivity index (χ2v) is 9.45. The van der Waals surface area contributed by atoms with E-state index in [1.165, 1.54) is 0 Å². The lowest BCUT2D eigenvalue weighted by molar-refractivity contribution is 0.0532. The summed E-state index contributed by atoms with van der Waals surface area (Å²) in [7, 11) is 3.45. The molecule has 0 saturated carbocycles. The predicted octanol–water partition coefficient (Wildman–Crippen LogP) is 3.83. The van der Waals surface area contributed by atoms with Crippen molar-refractivity contribution in [3.8, 4) is 11.5 Å². The van der Waals surface area contributed by atoms with Crippen LogP contribution in [0.1, 0.15) is 35.3 Å². The number of carboxylic acids is 1. The van der Waals surface area contributed by atoms with E-state index >= 15 is 0 Å². The molecule has 4 rings (SSSR count). The van der Waals surface area contributed by atoms with Crippen LogP contribution in [0.5, 0.6) is 11.5 Å². The van der Waals surface area contributed by atoms with Gasteiger partial charge in [0.15, 0.2) is 0 Å². The van der Waals surface area contributed by atoms with Gasteiger partial charge >= 0.3 is 5.97 Å². The molecule has 1 fully saturated rings. The third-order valence-corrected chi connectivity index (χ3v) is 6.89. The fraction of sp³-hybridized carbons (Fsp3) is 0.480. The maximum Gasteiger partial charge on any atom is 0.335 e. The standard InChI is InChI=1S/C25H31NO5/c1-24(2)15-31-21-10-9-19(30-4)11-20(21)25(16-29-3)14-26(13-22(24)25)12-17-5-7-18(8-6-17)23(27)28/h5-11,22H,12-16H2,1-4H3,(H,27,28)/t22-,25-/m1/s1. The van der Waals surface area contributed by atoms with E-state index in [0.29, 0.717) is 24.7 Å². The Balaban J connectivity index is 1.71. The van der Waals surface area contributed by atoms with Gasteiger partial charge in [-0.3, -0.25) is 4.90 Å². The zero-order valence-corrected chi connectivity index (χ0v) is 18.7. The van der Waals surface area contributed by atoms with Crippen molar-refractivity contribution in [1.29, 1.82) is 0 Å². The fourth-order valence-electron chi connectivity index (χ4n) is 5.40. The lowest BCUT2D eigenvalue weighted by Gasteiger charge is -2.40. The van der Waals surface area contributed by atoms with Crippen LogP contribution in [0.25, 0.3) is 0 Å². The summed E-state index contributed by atoms with van der Waals surface area (Å²) in [6.07, 6.45) is 0. The fourth-order valence-corrected chi connectivity index (χ4v) is 5.40. The van der Waals surface area contributed by atoms with Gasteiger partial charge in [0, 0.05) is 43.1 Å². The molecule has 2 heterocycles. The van der Waals surface area contributed by atoms with E-state index in [2.05, 4.69) is 24.8 Å². The molecule has 0 unspecified atom stereocenters. The number of benzene rings is 2. The zero-order valence-electron chi connectivity index (χ0n) is 18.7. The van der Waals surface area contributed by atoms with Gasteiger partial charge in [-0.25, -0.2) is 4.79 Å². The number of carboxylic acid groups (broad SMARTS) is 1. The lowest BCUT2D eigenvalue weighted by atomic mass is 9.63. The maximum absolute atomic E-state index is 11.2. The minimum atomic E-state index is -0.902. The first kappa shape index (κ1) is 21.7. The molecule has 2 aliphatic heterocycles. The third-order valence-electron chi connectivity index (χ3n) is 6.89. The molecule has 0 spiro atoms. The van der Waals surface area contributed by atoms with E-state index in [0.717, 1.165) is 42.3 Å². The predicted molar refractivity (Wildman–Crippen MR) is 118 cm³/mol. The largest absolute Gasteiger partial charge is 0.497 e. The highest BCUT2D eigenvalue weighted by Gasteiger charge is 2.56. The first-order chi connectivity index (χ1) is 14.8. The van der Waals surface area contributed by atoms with Crippen LogP contribution in [0.3, 0.4) is 0 Å². The van der Waals surface area contributed by atoms with Gasteiger partial charge in [-0.15, -0.1) is 0 Å². The minimum absolute atomic E-state index is 0.0489. The van der Waals surface area contributed by atoms with E-state index < -0.39 is 5.97 Å². The van der Waals surface area contributed by atoms with E-state index in [-0.39, 0.29) is 10.8 Å². The van der Waals surface area contributed by atoms with Crippen molar-refractivity contribution in [2.75, 3.05) is 40.5 Å². The molecule has 1 N–H and O–H groups in total. The Labute approximate surface area is 183 Å². The summed E-state index contributed by atoms with van der Waals surface area (Å²) in [5.74, 6) is 1.15. The molecule has 1 saturated heterocycles. The average molecular weight is 426 g/mol. The zero-order chi connectivity index (χ0) is 22.2. The number of hydrogen-bond donors (Lipinski definition) is 1. The van der Waals surface area contributed by atoms with Crippen molar-refractivity contribution in [2.24, 2.45) is 11.3 Å². The van der Waals surface area contributed by atoms with Crippen LogP contribution in [0, 0.1) is 11.3 Å². The summed E-state index contributed by atoms with van der Waals surface area (Å²) in [6, 6.07) is 13.2. The lowest BCUT2D eigenvalue weighted by Crippen LogP contribution is -2.46. The number of ether oxygens (including phenoxy) is 3. The van der Waals surface area contributed by atoms with Crippen LogP contribution in [0.15, 0.2) is 42.5 Å². The molecule has 0 radical (unpaired) electrons. The Hall–Kier alpha value is -2.57. The van der Waals surface area contributed by atoms with Crippen molar-refractivity contribution in [3.05, 3.63) is 59.2 Å². The number of aromatic carboxylic acids is 1. The molecule has 2 atom stereocenters. The number of methoxy groups -OCH3 is 2. The van der Waals surface area contributed by atoms with E-state index in [1.54, 1.807) is 26.4 Å². The molecule has 6 heteroatoms. The molecular weight excluding hydrogens is 394 g/mol. The Morgan fingerprint density at radius 1 is 1.19 bits per heavy atom. The molecule has 6 nitrogen and oxygen atoms in total. The first-order valence-electron chi connectivity index (χ1n) is 10.6. The summed E-state index contributed by atoms with van der Waals surface area (Å²) in [5.41, 5.74) is 2.29. The first-order valence-corrected chi connectivity index (χ1v) is 10.6. The Morgan fingerprint density at radius 3 is 2.58 bits per heavy atom.